The molecule has 1 rings (SSSR count). The first kappa shape index (κ1) is 24.8. The molecule has 1 unspecified atom stereocenters. The Bertz CT molecular complexity index is 339. The maximum Gasteiger partial charge on any atom is 0.183 e. The SMILES string of the molecule is CC1C=CCCO1.CC=O.C[Si](C)(C)C=CCCO[Si](C)(C)C. The lowest BCUT2D eigenvalue weighted by atomic mass is 10.3. The molecule has 0 radical (unpaired) electrons. The summed E-state index contributed by atoms with van der Waals surface area (Å²) in [5.74, 6) is 0. The molecule has 5 heteroatoms. The second-order valence-corrected chi connectivity index (χ2v) is 17.1. The van der Waals surface area contributed by atoms with Gasteiger partial charge in [0.25, 0.3) is 0 Å². The van der Waals surface area contributed by atoms with Gasteiger partial charge in [-0.2, -0.15) is 0 Å². The summed E-state index contributed by atoms with van der Waals surface area (Å²) < 4.78 is 10.9. The molecule has 0 amide bonds. The number of aldehydes is 1. The molecule has 3 nitrogen and oxygen atoms in total. The summed E-state index contributed by atoms with van der Waals surface area (Å²) in [5, 5.41) is 0. The summed E-state index contributed by atoms with van der Waals surface area (Å²) in [4.78, 5) is 8.81. The van der Waals surface area contributed by atoms with Crippen molar-refractivity contribution in [1.29, 1.82) is 0 Å². The maximum absolute atomic E-state index is 8.81. The van der Waals surface area contributed by atoms with Crippen molar-refractivity contribution in [2.75, 3.05) is 13.2 Å². The Kier molecular flexibility index (Phi) is 15.0. The predicted molar refractivity (Wildman–Crippen MR) is 107 cm³/mol. The van der Waals surface area contributed by atoms with Crippen molar-refractivity contribution in [3.63, 3.8) is 0 Å². The van der Waals surface area contributed by atoms with Gasteiger partial charge in [0, 0.05) is 6.61 Å². The molecule has 0 bridgehead atoms. The van der Waals surface area contributed by atoms with E-state index in [-0.39, 0.29) is 0 Å². The van der Waals surface area contributed by atoms with Crippen LogP contribution in [0.5, 0.6) is 0 Å². The van der Waals surface area contributed by atoms with Crippen LogP contribution in [0.25, 0.3) is 0 Å². The van der Waals surface area contributed by atoms with Gasteiger partial charge in [-0.3, -0.25) is 0 Å². The van der Waals surface area contributed by atoms with Gasteiger partial charge >= 0.3 is 0 Å². The number of hydrogen-bond acceptors (Lipinski definition) is 3. The Hall–Kier alpha value is -0.496. The van der Waals surface area contributed by atoms with Crippen LogP contribution in [-0.2, 0) is 14.0 Å². The first-order chi connectivity index (χ1) is 10.5. The number of carbonyl (C=O) groups is 1. The van der Waals surface area contributed by atoms with E-state index in [1.165, 1.54) is 6.92 Å². The fraction of sp³-hybridized carbons (Fsp3) is 0.722. The highest BCUT2D eigenvalue weighted by molar-refractivity contribution is 6.80. The standard InChI is InChI=1S/C10H24OSi2.C6H10O.C2H4O/c1-12(2,3)10-8-7-9-11-13(4,5)6;1-6-4-2-3-5-7-6;1-2-3/h8,10H,7,9H2,1-6H3;2,4,6H,3,5H2,1H3;2H,1H3. The number of rotatable bonds is 5. The van der Waals surface area contributed by atoms with Crippen molar-refractivity contribution in [3.8, 4) is 0 Å². The number of carbonyl (C=O) groups excluding carboxylic acids is 1. The zero-order chi connectivity index (χ0) is 18.4. The van der Waals surface area contributed by atoms with Crippen LogP contribution in [0.3, 0.4) is 0 Å². The number of ether oxygens (including phenoxy) is 1. The molecule has 0 aliphatic carbocycles. The van der Waals surface area contributed by atoms with E-state index in [9.17, 15) is 0 Å². The fourth-order valence-corrected chi connectivity index (χ4v) is 3.14. The van der Waals surface area contributed by atoms with E-state index in [0.717, 1.165) is 32.3 Å². The van der Waals surface area contributed by atoms with Crippen molar-refractivity contribution >= 4 is 22.7 Å². The maximum atomic E-state index is 8.81. The molecule has 1 atom stereocenters. The van der Waals surface area contributed by atoms with E-state index in [2.05, 4.69) is 70.1 Å². The minimum atomic E-state index is -1.28. The van der Waals surface area contributed by atoms with Crippen molar-refractivity contribution in [2.24, 2.45) is 0 Å². The predicted octanol–water partition coefficient (Wildman–Crippen LogP) is 5.22. The smallest absolute Gasteiger partial charge is 0.183 e. The molecule has 1 aliphatic rings. The molecule has 23 heavy (non-hydrogen) atoms. The van der Waals surface area contributed by atoms with E-state index in [1.807, 2.05) is 0 Å². The molecule has 0 saturated heterocycles. The first-order valence-corrected chi connectivity index (χ1v) is 15.5. The molecule has 0 aromatic heterocycles. The molecule has 0 spiro atoms. The zero-order valence-electron chi connectivity index (χ0n) is 16.5. The third-order valence-corrected chi connectivity index (χ3v) is 4.82. The zero-order valence-corrected chi connectivity index (χ0v) is 18.5. The highest BCUT2D eigenvalue weighted by atomic mass is 28.4. The van der Waals surface area contributed by atoms with Crippen molar-refractivity contribution in [2.45, 2.75) is 72.1 Å². The average molecular weight is 359 g/mol. The van der Waals surface area contributed by atoms with Crippen LogP contribution in [0.15, 0.2) is 23.9 Å². The van der Waals surface area contributed by atoms with E-state index >= 15 is 0 Å². The van der Waals surface area contributed by atoms with Gasteiger partial charge in [-0.05, 0) is 46.3 Å². The number of hydrogen-bond donors (Lipinski definition) is 0. The lowest BCUT2D eigenvalue weighted by Gasteiger charge is -2.16. The Morgan fingerprint density at radius 1 is 1.22 bits per heavy atom. The monoisotopic (exact) mass is 358 g/mol. The van der Waals surface area contributed by atoms with Gasteiger partial charge in [0.15, 0.2) is 8.32 Å². The van der Waals surface area contributed by atoms with Crippen LogP contribution in [0, 0.1) is 0 Å². The van der Waals surface area contributed by atoms with Crippen molar-refractivity contribution in [3.05, 3.63) is 23.9 Å². The van der Waals surface area contributed by atoms with Crippen LogP contribution in [-0.4, -0.2) is 42.0 Å². The van der Waals surface area contributed by atoms with E-state index in [1.54, 1.807) is 0 Å². The molecule has 0 N–H and O–H groups in total. The highest BCUT2D eigenvalue weighted by Gasteiger charge is 2.12. The molecule has 136 valence electrons. The van der Waals surface area contributed by atoms with Gasteiger partial charge in [-0.1, -0.05) is 43.6 Å². The Balaban J connectivity index is 0. The molecular weight excluding hydrogens is 320 g/mol. The molecule has 1 aliphatic heterocycles. The van der Waals surface area contributed by atoms with Crippen LogP contribution < -0.4 is 0 Å². The van der Waals surface area contributed by atoms with Gasteiger partial charge in [0.05, 0.1) is 20.8 Å². The molecular formula is C18H38O3Si2. The van der Waals surface area contributed by atoms with E-state index in [4.69, 9.17) is 14.0 Å². The largest absolute Gasteiger partial charge is 0.417 e. The van der Waals surface area contributed by atoms with Crippen LogP contribution >= 0.6 is 0 Å². The van der Waals surface area contributed by atoms with Gasteiger partial charge in [-0.15, -0.1) is 0 Å². The van der Waals surface area contributed by atoms with Gasteiger partial charge < -0.3 is 14.0 Å². The average Bonchev–Trinajstić information content (AvgIpc) is 2.38. The second-order valence-electron chi connectivity index (χ2n) is 7.55. The van der Waals surface area contributed by atoms with Crippen LogP contribution in [0.2, 0.25) is 39.3 Å². The quantitative estimate of drug-likeness (QED) is 0.292. The van der Waals surface area contributed by atoms with E-state index in [0.29, 0.717) is 6.10 Å². The van der Waals surface area contributed by atoms with Crippen LogP contribution in [0.4, 0.5) is 0 Å². The summed E-state index contributed by atoms with van der Waals surface area (Å²) in [6.07, 6.45) is 9.80. The summed E-state index contributed by atoms with van der Waals surface area (Å²) in [7, 11) is -2.25. The Labute approximate surface area is 146 Å². The normalized spacial score (nSPS) is 17.8. The third-order valence-electron chi connectivity index (χ3n) is 2.51. The van der Waals surface area contributed by atoms with Gasteiger partial charge in [0.2, 0.25) is 0 Å². The molecule has 0 saturated carbocycles. The lowest BCUT2D eigenvalue weighted by molar-refractivity contribution is -0.106. The van der Waals surface area contributed by atoms with Gasteiger partial charge in [-0.25, -0.2) is 0 Å². The molecule has 0 aromatic rings. The Morgan fingerprint density at radius 3 is 2.09 bits per heavy atom. The first-order valence-electron chi connectivity index (χ1n) is 8.51. The second kappa shape index (κ2) is 13.9. The fourth-order valence-electron chi connectivity index (χ4n) is 1.54. The summed E-state index contributed by atoms with van der Waals surface area (Å²) in [6, 6.07) is 0. The molecule has 1 heterocycles. The molecule has 0 fully saturated rings. The topological polar surface area (TPSA) is 35.5 Å². The summed E-state index contributed by atoms with van der Waals surface area (Å²) in [6.45, 7) is 19.0. The van der Waals surface area contributed by atoms with Gasteiger partial charge in [0.1, 0.15) is 6.29 Å². The highest BCUT2D eigenvalue weighted by Crippen LogP contribution is 2.05. The minimum absolute atomic E-state index is 0.355. The summed E-state index contributed by atoms with van der Waals surface area (Å²) >= 11 is 0. The van der Waals surface area contributed by atoms with Crippen molar-refractivity contribution in [1.82, 2.24) is 0 Å². The Morgan fingerprint density at radius 2 is 1.78 bits per heavy atom. The van der Waals surface area contributed by atoms with Crippen molar-refractivity contribution < 1.29 is 14.0 Å². The third kappa shape index (κ3) is 26.7. The lowest BCUT2D eigenvalue weighted by Crippen LogP contribution is -2.25. The summed E-state index contributed by atoms with van der Waals surface area (Å²) in [5.41, 5.74) is 2.39. The van der Waals surface area contributed by atoms with Crippen LogP contribution in [0.1, 0.15) is 26.7 Å². The minimum Gasteiger partial charge on any atom is -0.417 e. The van der Waals surface area contributed by atoms with E-state index < -0.39 is 16.4 Å². The molecule has 0 aromatic carbocycles.